The lowest BCUT2D eigenvalue weighted by Gasteiger charge is -2.30. The summed E-state index contributed by atoms with van der Waals surface area (Å²) in [4.78, 5) is 2.39. The summed E-state index contributed by atoms with van der Waals surface area (Å²) in [7, 11) is -3.57. The molecular weight excluding hydrogens is 288 g/mol. The Morgan fingerprint density at radius 1 is 1.14 bits per heavy atom. The highest BCUT2D eigenvalue weighted by Gasteiger charge is 2.19. The average Bonchev–Trinajstić information content (AvgIpc) is 2.42. The number of nitrogens with zero attached hydrogens (tertiary/aromatic N) is 1. The number of benzene rings is 1. The molecule has 1 rings (SSSR count). The van der Waals surface area contributed by atoms with E-state index in [1.807, 2.05) is 0 Å². The van der Waals surface area contributed by atoms with Gasteiger partial charge in [0.2, 0.25) is 10.0 Å². The molecule has 0 saturated carbocycles. The summed E-state index contributed by atoms with van der Waals surface area (Å²) in [6, 6.07) is 7.29. The zero-order valence-electron chi connectivity index (χ0n) is 13.1. The highest BCUT2D eigenvalue weighted by molar-refractivity contribution is 7.89. The standard InChI is InChI=1S/C14H26N4O2S/c1-11(2)18(12(3)4)10-9-16-21(19,20)14-8-6-5-7-13(14)17-15/h5-8,11-12,16-17H,9-10,15H2,1-4H3. The monoisotopic (exact) mass is 314 g/mol. The maximum Gasteiger partial charge on any atom is 0.242 e. The number of anilines is 1. The second kappa shape index (κ2) is 7.74. The fourth-order valence-corrected chi connectivity index (χ4v) is 3.51. The fraction of sp³-hybridized carbons (Fsp3) is 0.571. The minimum absolute atomic E-state index is 0.160. The highest BCUT2D eigenvalue weighted by atomic mass is 32.2. The van der Waals surface area contributed by atoms with Crippen LogP contribution in [0, 0.1) is 0 Å². The van der Waals surface area contributed by atoms with E-state index in [9.17, 15) is 8.42 Å². The van der Waals surface area contributed by atoms with Crippen molar-refractivity contribution in [3.63, 3.8) is 0 Å². The van der Waals surface area contributed by atoms with Gasteiger partial charge in [0.15, 0.2) is 0 Å². The molecule has 0 spiro atoms. The van der Waals surface area contributed by atoms with E-state index in [1.54, 1.807) is 18.2 Å². The molecule has 0 atom stereocenters. The number of nitrogens with one attached hydrogen (secondary N) is 2. The molecule has 0 radical (unpaired) electrons. The Balaban J connectivity index is 2.74. The van der Waals surface area contributed by atoms with E-state index in [4.69, 9.17) is 5.84 Å². The molecule has 0 saturated heterocycles. The van der Waals surface area contributed by atoms with Gasteiger partial charge in [-0.2, -0.15) is 0 Å². The van der Waals surface area contributed by atoms with Crippen molar-refractivity contribution in [3.05, 3.63) is 24.3 Å². The number of hydrogen-bond donors (Lipinski definition) is 3. The molecule has 6 nitrogen and oxygen atoms in total. The first-order valence-corrected chi connectivity index (χ1v) is 8.59. The van der Waals surface area contributed by atoms with Crippen molar-refractivity contribution in [3.8, 4) is 0 Å². The van der Waals surface area contributed by atoms with Gasteiger partial charge in [-0.25, -0.2) is 13.1 Å². The molecule has 1 aromatic rings. The fourth-order valence-electron chi connectivity index (χ4n) is 2.32. The summed E-state index contributed by atoms with van der Waals surface area (Å²) < 4.78 is 27.2. The van der Waals surface area contributed by atoms with Gasteiger partial charge in [0.05, 0.1) is 5.69 Å². The van der Waals surface area contributed by atoms with E-state index < -0.39 is 10.0 Å². The van der Waals surface area contributed by atoms with Crippen molar-refractivity contribution < 1.29 is 8.42 Å². The van der Waals surface area contributed by atoms with E-state index in [-0.39, 0.29) is 4.90 Å². The third-order valence-corrected chi connectivity index (χ3v) is 4.84. The van der Waals surface area contributed by atoms with Gasteiger partial charge in [0.25, 0.3) is 0 Å². The number of rotatable bonds is 8. The summed E-state index contributed by atoms with van der Waals surface area (Å²) >= 11 is 0. The van der Waals surface area contributed by atoms with E-state index in [2.05, 4.69) is 42.7 Å². The number of sulfonamides is 1. The molecular formula is C14H26N4O2S. The molecule has 0 amide bonds. The predicted molar refractivity (Wildman–Crippen MR) is 86.4 cm³/mol. The first-order valence-electron chi connectivity index (χ1n) is 7.10. The lowest BCUT2D eigenvalue weighted by molar-refractivity contribution is 0.179. The second-order valence-electron chi connectivity index (χ2n) is 5.46. The van der Waals surface area contributed by atoms with Gasteiger partial charge in [-0.1, -0.05) is 12.1 Å². The summed E-state index contributed by atoms with van der Waals surface area (Å²) in [6.45, 7) is 9.42. The third kappa shape index (κ3) is 4.96. The molecule has 0 aliphatic heterocycles. The summed E-state index contributed by atoms with van der Waals surface area (Å²) in [5.74, 6) is 5.35. The number of hydrogen-bond acceptors (Lipinski definition) is 5. The molecule has 21 heavy (non-hydrogen) atoms. The lowest BCUT2D eigenvalue weighted by atomic mass is 10.2. The van der Waals surface area contributed by atoms with Crippen LogP contribution >= 0.6 is 0 Å². The smallest absolute Gasteiger partial charge is 0.242 e. The molecule has 0 bridgehead atoms. The van der Waals surface area contributed by atoms with Crippen molar-refractivity contribution in [1.29, 1.82) is 0 Å². The maximum atomic E-state index is 12.3. The van der Waals surface area contributed by atoms with Crippen LogP contribution in [0.3, 0.4) is 0 Å². The van der Waals surface area contributed by atoms with Gasteiger partial charge in [0, 0.05) is 25.2 Å². The van der Waals surface area contributed by atoms with Crippen molar-refractivity contribution in [2.45, 2.75) is 44.7 Å². The molecule has 120 valence electrons. The van der Waals surface area contributed by atoms with Crippen molar-refractivity contribution >= 4 is 15.7 Å². The normalized spacial score (nSPS) is 12.4. The Morgan fingerprint density at radius 3 is 2.24 bits per heavy atom. The first kappa shape index (κ1) is 17.9. The molecule has 0 aromatic heterocycles. The zero-order valence-corrected chi connectivity index (χ0v) is 13.9. The Morgan fingerprint density at radius 2 is 1.71 bits per heavy atom. The van der Waals surface area contributed by atoms with Gasteiger partial charge in [-0.05, 0) is 39.8 Å². The molecule has 0 aliphatic rings. The first-order chi connectivity index (χ1) is 9.79. The quantitative estimate of drug-likeness (QED) is 0.498. The van der Waals surface area contributed by atoms with Gasteiger partial charge >= 0.3 is 0 Å². The Bertz CT molecular complexity index is 536. The van der Waals surface area contributed by atoms with Crippen molar-refractivity contribution in [2.24, 2.45) is 5.84 Å². The van der Waals surface area contributed by atoms with Crippen LogP contribution in [0.1, 0.15) is 27.7 Å². The van der Waals surface area contributed by atoms with Crippen molar-refractivity contribution in [1.82, 2.24) is 9.62 Å². The summed E-state index contributed by atoms with van der Waals surface area (Å²) in [5, 5.41) is 0. The molecule has 0 heterocycles. The topological polar surface area (TPSA) is 87.5 Å². The van der Waals surface area contributed by atoms with Crippen LogP contribution in [0.5, 0.6) is 0 Å². The number of para-hydroxylation sites is 1. The van der Waals surface area contributed by atoms with E-state index >= 15 is 0 Å². The van der Waals surface area contributed by atoms with Crippen LogP contribution in [0.25, 0.3) is 0 Å². The summed E-state index contributed by atoms with van der Waals surface area (Å²) in [5.41, 5.74) is 2.79. The van der Waals surface area contributed by atoms with Crippen LogP contribution in [0.4, 0.5) is 5.69 Å². The van der Waals surface area contributed by atoms with E-state index in [0.29, 0.717) is 30.9 Å². The van der Waals surface area contributed by atoms with E-state index in [1.165, 1.54) is 6.07 Å². The van der Waals surface area contributed by atoms with E-state index in [0.717, 1.165) is 0 Å². The average molecular weight is 314 g/mol. The van der Waals surface area contributed by atoms with Crippen LogP contribution < -0.4 is 16.0 Å². The van der Waals surface area contributed by atoms with Crippen LogP contribution in [-0.4, -0.2) is 38.5 Å². The molecule has 0 unspecified atom stereocenters. The minimum atomic E-state index is -3.57. The Kier molecular flexibility index (Phi) is 6.60. The molecule has 4 N–H and O–H groups in total. The largest absolute Gasteiger partial charge is 0.323 e. The van der Waals surface area contributed by atoms with Crippen molar-refractivity contribution in [2.75, 3.05) is 18.5 Å². The van der Waals surface area contributed by atoms with Crippen LogP contribution in [0.15, 0.2) is 29.2 Å². The van der Waals surface area contributed by atoms with Crippen LogP contribution in [-0.2, 0) is 10.0 Å². The second-order valence-corrected chi connectivity index (χ2v) is 7.20. The van der Waals surface area contributed by atoms with Crippen LogP contribution in [0.2, 0.25) is 0 Å². The number of nitrogen functional groups attached to an aromatic ring is 1. The highest BCUT2D eigenvalue weighted by Crippen LogP contribution is 2.19. The Hall–Kier alpha value is -1.15. The molecule has 0 aliphatic carbocycles. The molecule has 7 heteroatoms. The SMILES string of the molecule is CC(C)N(CCNS(=O)(=O)c1ccccc1NN)C(C)C. The minimum Gasteiger partial charge on any atom is -0.323 e. The summed E-state index contributed by atoms with van der Waals surface area (Å²) in [6.07, 6.45) is 0. The predicted octanol–water partition coefficient (Wildman–Crippen LogP) is 1.37. The maximum absolute atomic E-state index is 12.3. The third-order valence-electron chi connectivity index (χ3n) is 3.32. The molecule has 1 aromatic carbocycles. The Labute approximate surface area is 127 Å². The molecule has 0 fully saturated rings. The number of hydrazine groups is 1. The van der Waals surface area contributed by atoms with Gasteiger partial charge < -0.3 is 5.43 Å². The van der Waals surface area contributed by atoms with Gasteiger partial charge in [-0.15, -0.1) is 0 Å². The van der Waals surface area contributed by atoms with Gasteiger partial charge in [0.1, 0.15) is 4.90 Å². The number of nitrogens with two attached hydrogens (primary N) is 1. The zero-order chi connectivity index (χ0) is 16.0. The lowest BCUT2D eigenvalue weighted by Crippen LogP contribution is -2.42. The van der Waals surface area contributed by atoms with Gasteiger partial charge in [-0.3, -0.25) is 10.7 Å².